The van der Waals surface area contributed by atoms with Gasteiger partial charge in [0.05, 0.1) is 6.61 Å². The molecule has 0 amide bonds. The van der Waals surface area contributed by atoms with Gasteiger partial charge in [-0.1, -0.05) is 0 Å². The maximum Gasteiger partial charge on any atom is 0.225 e. The molecule has 0 unspecified atom stereocenters. The summed E-state index contributed by atoms with van der Waals surface area (Å²) >= 11 is 0. The van der Waals surface area contributed by atoms with E-state index in [4.69, 9.17) is 9.97 Å². The fourth-order valence-corrected chi connectivity index (χ4v) is 5.11. The zero-order valence-corrected chi connectivity index (χ0v) is 15.1. The Labute approximate surface area is 145 Å². The molecule has 0 spiro atoms. The van der Waals surface area contributed by atoms with E-state index in [0.717, 1.165) is 51.3 Å². The van der Waals surface area contributed by atoms with Crippen LogP contribution in [0.25, 0.3) is 0 Å². The van der Waals surface area contributed by atoms with Crippen molar-refractivity contribution in [2.75, 3.05) is 38.2 Å². The number of anilines is 1. The molecule has 0 radical (unpaired) electrons. The summed E-state index contributed by atoms with van der Waals surface area (Å²) in [6, 6.07) is 0.407. The number of likely N-dealkylation sites (tertiary alicyclic amines) is 1. The predicted octanol–water partition coefficient (Wildman–Crippen LogP) is 1.95. The molecule has 1 N–H and O–H groups in total. The van der Waals surface area contributed by atoms with Crippen LogP contribution in [0.4, 0.5) is 5.95 Å². The average Bonchev–Trinajstić information content (AvgIpc) is 2.62. The lowest BCUT2D eigenvalue weighted by Crippen LogP contribution is -2.61. The Bertz CT molecular complexity index is 620. The van der Waals surface area contributed by atoms with Crippen LogP contribution in [0.1, 0.15) is 49.1 Å². The summed E-state index contributed by atoms with van der Waals surface area (Å²) < 4.78 is 0. The molecule has 1 aliphatic carbocycles. The fourth-order valence-electron chi connectivity index (χ4n) is 5.11. The van der Waals surface area contributed by atoms with Crippen molar-refractivity contribution in [3.8, 4) is 0 Å². The van der Waals surface area contributed by atoms with Gasteiger partial charge < -0.3 is 14.9 Å². The second kappa shape index (κ2) is 6.26. The van der Waals surface area contributed by atoms with Crippen LogP contribution in [0.15, 0.2) is 0 Å². The number of aliphatic hydroxyl groups excluding tert-OH is 1. The van der Waals surface area contributed by atoms with Crippen molar-refractivity contribution in [2.24, 2.45) is 5.41 Å². The van der Waals surface area contributed by atoms with Crippen LogP contribution in [0.5, 0.6) is 0 Å². The Morgan fingerprint density at radius 3 is 2.79 bits per heavy atom. The van der Waals surface area contributed by atoms with E-state index in [1.807, 2.05) is 0 Å². The smallest absolute Gasteiger partial charge is 0.225 e. The second-order valence-corrected chi connectivity index (χ2v) is 8.06. The number of likely N-dealkylation sites (N-methyl/N-ethyl adjacent to an activating group) is 1. The highest BCUT2D eigenvalue weighted by Gasteiger charge is 2.46. The van der Waals surface area contributed by atoms with Crippen molar-refractivity contribution >= 4 is 5.95 Å². The first-order valence-electron chi connectivity index (χ1n) is 9.55. The SMILES string of the molecule is Cc1nc(N2CC[C@@]3(CO)CCCN(C)[C@@H]3C2)nc2c1CCCC2. The number of piperidine rings is 2. The lowest BCUT2D eigenvalue weighted by molar-refractivity contribution is -0.0279. The maximum atomic E-state index is 10.1. The van der Waals surface area contributed by atoms with Crippen LogP contribution in [-0.2, 0) is 12.8 Å². The summed E-state index contributed by atoms with van der Waals surface area (Å²) in [5.41, 5.74) is 3.92. The molecule has 24 heavy (non-hydrogen) atoms. The molecule has 2 fully saturated rings. The van der Waals surface area contributed by atoms with Gasteiger partial charge in [0, 0.05) is 35.9 Å². The quantitative estimate of drug-likeness (QED) is 0.898. The largest absolute Gasteiger partial charge is 0.396 e. The van der Waals surface area contributed by atoms with E-state index in [9.17, 15) is 5.11 Å². The average molecular weight is 330 g/mol. The normalized spacial score (nSPS) is 30.8. The zero-order valence-electron chi connectivity index (χ0n) is 15.1. The topological polar surface area (TPSA) is 52.5 Å². The molecule has 3 aliphatic rings. The van der Waals surface area contributed by atoms with Gasteiger partial charge in [0.15, 0.2) is 0 Å². The zero-order chi connectivity index (χ0) is 16.7. The summed E-state index contributed by atoms with van der Waals surface area (Å²) in [6.45, 7) is 5.48. The molecule has 3 heterocycles. The highest BCUT2D eigenvalue weighted by molar-refractivity contribution is 5.39. The van der Waals surface area contributed by atoms with Gasteiger partial charge in [0.2, 0.25) is 5.95 Å². The van der Waals surface area contributed by atoms with E-state index in [-0.39, 0.29) is 5.41 Å². The van der Waals surface area contributed by atoms with Crippen molar-refractivity contribution < 1.29 is 5.11 Å². The van der Waals surface area contributed by atoms with E-state index in [1.54, 1.807) is 0 Å². The molecule has 2 aliphatic heterocycles. The Morgan fingerprint density at radius 1 is 1.12 bits per heavy atom. The van der Waals surface area contributed by atoms with Crippen molar-refractivity contribution in [2.45, 2.75) is 57.9 Å². The van der Waals surface area contributed by atoms with E-state index < -0.39 is 0 Å². The van der Waals surface area contributed by atoms with Gasteiger partial charge in [-0.3, -0.25) is 0 Å². The summed E-state index contributed by atoms with van der Waals surface area (Å²) in [4.78, 5) is 14.6. The number of aromatic nitrogens is 2. The standard InChI is InChI=1S/C19H30N4O/c1-14-15-6-3-4-7-16(15)21-18(20-14)23-11-9-19(13-24)8-5-10-22(2)17(19)12-23/h17,24H,3-13H2,1-2H3/t17-,19-/m1/s1. The number of aliphatic hydroxyl groups is 1. The minimum atomic E-state index is 0.0761. The first-order chi connectivity index (χ1) is 11.6. The lowest BCUT2D eigenvalue weighted by atomic mass is 9.69. The van der Waals surface area contributed by atoms with E-state index >= 15 is 0 Å². The van der Waals surface area contributed by atoms with Gasteiger partial charge >= 0.3 is 0 Å². The molecular formula is C19H30N4O. The first kappa shape index (κ1) is 16.3. The van der Waals surface area contributed by atoms with E-state index in [2.05, 4.69) is 23.8 Å². The molecule has 0 aromatic carbocycles. The number of hydrogen-bond acceptors (Lipinski definition) is 5. The third-order valence-corrected chi connectivity index (χ3v) is 6.67. The van der Waals surface area contributed by atoms with Gasteiger partial charge in [-0.05, 0) is 71.0 Å². The van der Waals surface area contributed by atoms with Gasteiger partial charge in [-0.2, -0.15) is 0 Å². The molecule has 5 nitrogen and oxygen atoms in total. The van der Waals surface area contributed by atoms with Crippen molar-refractivity contribution in [1.29, 1.82) is 0 Å². The fraction of sp³-hybridized carbons (Fsp3) is 0.789. The van der Waals surface area contributed by atoms with Crippen LogP contribution in [0.2, 0.25) is 0 Å². The third kappa shape index (κ3) is 2.62. The molecule has 4 rings (SSSR count). The number of aryl methyl sites for hydroxylation is 2. The number of rotatable bonds is 2. The molecule has 2 atom stereocenters. The summed E-state index contributed by atoms with van der Waals surface area (Å²) in [7, 11) is 2.21. The van der Waals surface area contributed by atoms with Crippen LogP contribution in [0.3, 0.4) is 0 Å². The predicted molar refractivity (Wildman–Crippen MR) is 95.4 cm³/mol. The van der Waals surface area contributed by atoms with E-state index in [1.165, 1.54) is 36.2 Å². The minimum Gasteiger partial charge on any atom is -0.396 e. The first-order valence-corrected chi connectivity index (χ1v) is 9.55. The molecule has 5 heteroatoms. The highest BCUT2D eigenvalue weighted by atomic mass is 16.3. The number of fused-ring (bicyclic) bond motifs is 2. The molecular weight excluding hydrogens is 300 g/mol. The Hall–Kier alpha value is -1.20. The highest BCUT2D eigenvalue weighted by Crippen LogP contribution is 2.42. The Balaban J connectivity index is 1.61. The monoisotopic (exact) mass is 330 g/mol. The van der Waals surface area contributed by atoms with Gasteiger partial charge in [-0.25, -0.2) is 9.97 Å². The van der Waals surface area contributed by atoms with Crippen LogP contribution < -0.4 is 4.90 Å². The molecule has 1 aromatic rings. The summed E-state index contributed by atoms with van der Waals surface area (Å²) in [5, 5.41) is 10.1. The van der Waals surface area contributed by atoms with Crippen molar-refractivity contribution in [3.05, 3.63) is 17.0 Å². The lowest BCUT2D eigenvalue weighted by Gasteiger charge is -2.53. The summed E-state index contributed by atoms with van der Waals surface area (Å²) in [5.74, 6) is 0.915. The maximum absolute atomic E-state index is 10.1. The minimum absolute atomic E-state index is 0.0761. The Kier molecular flexibility index (Phi) is 4.25. The van der Waals surface area contributed by atoms with Crippen LogP contribution in [-0.4, -0.2) is 59.3 Å². The van der Waals surface area contributed by atoms with Crippen LogP contribution in [0, 0.1) is 12.3 Å². The third-order valence-electron chi connectivity index (χ3n) is 6.67. The van der Waals surface area contributed by atoms with Crippen molar-refractivity contribution in [3.63, 3.8) is 0 Å². The summed E-state index contributed by atoms with van der Waals surface area (Å²) in [6.07, 6.45) is 8.15. The Morgan fingerprint density at radius 2 is 1.96 bits per heavy atom. The van der Waals surface area contributed by atoms with Crippen molar-refractivity contribution in [1.82, 2.24) is 14.9 Å². The molecule has 0 saturated carbocycles. The van der Waals surface area contributed by atoms with Gasteiger partial charge in [0.1, 0.15) is 0 Å². The molecule has 1 aromatic heterocycles. The van der Waals surface area contributed by atoms with Crippen LogP contribution >= 0.6 is 0 Å². The van der Waals surface area contributed by atoms with E-state index in [0.29, 0.717) is 12.6 Å². The number of nitrogens with zero attached hydrogens (tertiary/aromatic N) is 4. The van der Waals surface area contributed by atoms with Gasteiger partial charge in [0.25, 0.3) is 0 Å². The van der Waals surface area contributed by atoms with Gasteiger partial charge in [-0.15, -0.1) is 0 Å². The molecule has 2 saturated heterocycles. The second-order valence-electron chi connectivity index (χ2n) is 8.06. The molecule has 132 valence electrons. The number of hydrogen-bond donors (Lipinski definition) is 1. The molecule has 0 bridgehead atoms.